The van der Waals surface area contributed by atoms with Gasteiger partial charge < -0.3 is 15.2 Å². The van der Waals surface area contributed by atoms with Gasteiger partial charge in [-0.05, 0) is 91.5 Å². The van der Waals surface area contributed by atoms with Gasteiger partial charge in [-0.25, -0.2) is 4.79 Å². The van der Waals surface area contributed by atoms with Crippen molar-refractivity contribution in [3.8, 4) is 5.75 Å². The van der Waals surface area contributed by atoms with E-state index in [4.69, 9.17) is 4.74 Å². The summed E-state index contributed by atoms with van der Waals surface area (Å²) in [4.78, 5) is 11.5. The number of methoxy groups -OCH3 is 1. The third-order valence-corrected chi connectivity index (χ3v) is 7.51. The van der Waals surface area contributed by atoms with Gasteiger partial charge in [-0.3, -0.25) is 0 Å². The lowest BCUT2D eigenvalue weighted by Gasteiger charge is -2.57. The summed E-state index contributed by atoms with van der Waals surface area (Å²) < 4.78 is 5.81. The fourth-order valence-corrected chi connectivity index (χ4v) is 6.74. The highest BCUT2D eigenvalue weighted by Crippen LogP contribution is 2.61. The van der Waals surface area contributed by atoms with E-state index in [2.05, 4.69) is 23.5 Å². The monoisotopic (exact) mass is 391 g/mol. The van der Waals surface area contributed by atoms with Crippen LogP contribution < -0.4 is 10.1 Å². The average Bonchev–Trinajstić information content (AvgIpc) is 2.71. The maximum Gasteiger partial charge on any atom is 0.337 e. The molecule has 4 aliphatic carbocycles. The average molecular weight is 392 g/mol. The van der Waals surface area contributed by atoms with Crippen molar-refractivity contribution in [1.29, 1.82) is 0 Å². The number of rotatable bonds is 6. The Morgan fingerprint density at radius 3 is 2.34 bits per heavy atom. The fourth-order valence-electron chi connectivity index (χ4n) is 6.74. The lowest BCUT2D eigenvalue weighted by Crippen LogP contribution is -2.48. The van der Waals surface area contributed by atoms with Crippen LogP contribution in [0.3, 0.4) is 0 Å². The molecule has 0 spiro atoms. The highest BCUT2D eigenvalue weighted by atomic mass is 16.5. The molecule has 29 heavy (non-hydrogen) atoms. The molecule has 0 amide bonds. The molecule has 0 atom stereocenters. The molecule has 4 nitrogen and oxygen atoms in total. The van der Waals surface area contributed by atoms with Gasteiger partial charge in [-0.15, -0.1) is 0 Å². The summed E-state index contributed by atoms with van der Waals surface area (Å²) in [7, 11) is 1.78. The predicted octanol–water partition coefficient (Wildman–Crippen LogP) is 5.47. The molecule has 0 heterocycles. The van der Waals surface area contributed by atoms with Crippen molar-refractivity contribution in [2.24, 2.45) is 17.8 Å². The molecule has 152 valence electrons. The van der Waals surface area contributed by atoms with Gasteiger partial charge in [0.15, 0.2) is 0 Å². The molecular formula is C25H29NO3. The zero-order valence-corrected chi connectivity index (χ0v) is 17.0. The number of carboxylic acid groups (broad SMARTS) is 1. The van der Waals surface area contributed by atoms with E-state index in [1.807, 2.05) is 12.1 Å². The van der Waals surface area contributed by atoms with Crippen molar-refractivity contribution in [3.63, 3.8) is 0 Å². The van der Waals surface area contributed by atoms with E-state index in [1.165, 1.54) is 49.7 Å². The Hall–Kier alpha value is -2.49. The summed E-state index contributed by atoms with van der Waals surface area (Å²) in [6.07, 6.45) is 8.18. The SMILES string of the molecule is COc1ccc(CNc2ccccc2C(=O)O)cc1C12CC3CC(CC(C3)C1)C2. The van der Waals surface area contributed by atoms with Gasteiger partial charge >= 0.3 is 5.97 Å². The van der Waals surface area contributed by atoms with Crippen LogP contribution in [0, 0.1) is 17.8 Å². The van der Waals surface area contributed by atoms with E-state index in [0.717, 1.165) is 23.5 Å². The summed E-state index contributed by atoms with van der Waals surface area (Å²) in [6, 6.07) is 13.6. The Balaban J connectivity index is 1.43. The van der Waals surface area contributed by atoms with Crippen LogP contribution >= 0.6 is 0 Å². The number of anilines is 1. The number of para-hydroxylation sites is 1. The molecule has 2 aromatic rings. The van der Waals surface area contributed by atoms with Crippen LogP contribution in [0.2, 0.25) is 0 Å². The molecule has 2 aromatic carbocycles. The molecule has 4 saturated carbocycles. The number of nitrogens with one attached hydrogen (secondary N) is 1. The molecule has 6 rings (SSSR count). The topological polar surface area (TPSA) is 58.6 Å². The van der Waals surface area contributed by atoms with Crippen LogP contribution in [0.15, 0.2) is 42.5 Å². The Kier molecular flexibility index (Phi) is 4.53. The van der Waals surface area contributed by atoms with Gasteiger partial charge in [-0.2, -0.15) is 0 Å². The molecular weight excluding hydrogens is 362 g/mol. The Morgan fingerprint density at radius 2 is 1.72 bits per heavy atom. The van der Waals surface area contributed by atoms with Crippen LogP contribution in [0.1, 0.15) is 60.0 Å². The number of carboxylic acids is 1. The van der Waals surface area contributed by atoms with Gasteiger partial charge in [-0.1, -0.05) is 18.2 Å². The van der Waals surface area contributed by atoms with Crippen molar-refractivity contribution in [3.05, 3.63) is 59.2 Å². The van der Waals surface area contributed by atoms with E-state index in [0.29, 0.717) is 17.8 Å². The molecule has 0 unspecified atom stereocenters. The maximum atomic E-state index is 11.5. The third-order valence-electron chi connectivity index (χ3n) is 7.51. The molecule has 4 heteroatoms. The van der Waals surface area contributed by atoms with Gasteiger partial charge in [0.2, 0.25) is 0 Å². The van der Waals surface area contributed by atoms with Crippen LogP contribution in [-0.4, -0.2) is 18.2 Å². The Bertz CT molecular complexity index is 900. The first-order valence-corrected chi connectivity index (χ1v) is 10.8. The summed E-state index contributed by atoms with van der Waals surface area (Å²) in [5.74, 6) is 2.76. The van der Waals surface area contributed by atoms with Crippen molar-refractivity contribution < 1.29 is 14.6 Å². The van der Waals surface area contributed by atoms with Crippen molar-refractivity contribution in [1.82, 2.24) is 0 Å². The number of benzene rings is 2. The molecule has 0 radical (unpaired) electrons. The van der Waals surface area contributed by atoms with Crippen molar-refractivity contribution in [2.45, 2.75) is 50.5 Å². The maximum absolute atomic E-state index is 11.5. The summed E-state index contributed by atoms with van der Waals surface area (Å²) in [5.41, 5.74) is 3.80. The summed E-state index contributed by atoms with van der Waals surface area (Å²) in [5, 5.41) is 12.7. The van der Waals surface area contributed by atoms with Crippen molar-refractivity contribution in [2.75, 3.05) is 12.4 Å². The molecule has 4 bridgehead atoms. The smallest absolute Gasteiger partial charge is 0.337 e. The Morgan fingerprint density at radius 1 is 1.07 bits per heavy atom. The van der Waals surface area contributed by atoms with Gasteiger partial charge in [0, 0.05) is 17.8 Å². The molecule has 0 saturated heterocycles. The molecule has 4 aliphatic rings. The zero-order chi connectivity index (χ0) is 20.0. The number of hydrogen-bond acceptors (Lipinski definition) is 3. The number of hydrogen-bond donors (Lipinski definition) is 2. The van der Waals surface area contributed by atoms with Gasteiger partial charge in [0.25, 0.3) is 0 Å². The van der Waals surface area contributed by atoms with E-state index < -0.39 is 5.97 Å². The largest absolute Gasteiger partial charge is 0.496 e. The first-order chi connectivity index (χ1) is 14.1. The number of ether oxygens (including phenoxy) is 1. The second-order valence-electron chi connectivity index (χ2n) is 9.44. The minimum Gasteiger partial charge on any atom is -0.496 e. The molecule has 2 N–H and O–H groups in total. The lowest BCUT2D eigenvalue weighted by atomic mass is 9.48. The minimum absolute atomic E-state index is 0.273. The minimum atomic E-state index is -0.905. The highest BCUT2D eigenvalue weighted by Gasteiger charge is 2.52. The Labute approximate surface area is 172 Å². The van der Waals surface area contributed by atoms with E-state index >= 15 is 0 Å². The molecule has 4 fully saturated rings. The zero-order valence-electron chi connectivity index (χ0n) is 17.0. The van der Waals surface area contributed by atoms with E-state index in [9.17, 15) is 9.90 Å². The van der Waals surface area contributed by atoms with Crippen LogP contribution in [0.5, 0.6) is 5.75 Å². The van der Waals surface area contributed by atoms with E-state index in [1.54, 1.807) is 19.2 Å². The normalized spacial score (nSPS) is 29.6. The summed E-state index contributed by atoms with van der Waals surface area (Å²) in [6.45, 7) is 0.605. The van der Waals surface area contributed by atoms with Crippen LogP contribution in [0.25, 0.3) is 0 Å². The lowest BCUT2D eigenvalue weighted by molar-refractivity contribution is -0.00618. The molecule has 0 aromatic heterocycles. The highest BCUT2D eigenvalue weighted by molar-refractivity contribution is 5.94. The van der Waals surface area contributed by atoms with Crippen LogP contribution in [-0.2, 0) is 12.0 Å². The number of carbonyl (C=O) groups is 1. The predicted molar refractivity (Wildman–Crippen MR) is 114 cm³/mol. The second kappa shape index (κ2) is 7.08. The first-order valence-electron chi connectivity index (χ1n) is 10.8. The first kappa shape index (κ1) is 18.5. The summed E-state index contributed by atoms with van der Waals surface area (Å²) >= 11 is 0. The third kappa shape index (κ3) is 3.29. The standard InChI is InChI=1S/C25H29NO3/c1-29-23-7-6-16(15-26-22-5-3-2-4-20(22)24(27)28)11-21(23)25-12-17-8-18(13-25)10-19(9-17)14-25/h2-7,11,17-19,26H,8-10,12-15H2,1H3,(H,27,28). The second-order valence-corrected chi connectivity index (χ2v) is 9.44. The number of aromatic carboxylic acids is 1. The quantitative estimate of drug-likeness (QED) is 0.685. The van der Waals surface area contributed by atoms with Gasteiger partial charge in [0.05, 0.1) is 12.7 Å². The van der Waals surface area contributed by atoms with Gasteiger partial charge in [0.1, 0.15) is 5.75 Å². The van der Waals surface area contributed by atoms with E-state index in [-0.39, 0.29) is 5.41 Å². The molecule has 0 aliphatic heterocycles. The van der Waals surface area contributed by atoms with Crippen molar-refractivity contribution >= 4 is 11.7 Å². The fraction of sp³-hybridized carbons (Fsp3) is 0.480. The van der Waals surface area contributed by atoms with Crippen LogP contribution in [0.4, 0.5) is 5.69 Å².